The zero-order valence-electron chi connectivity index (χ0n) is 17.7. The van der Waals surface area contributed by atoms with Gasteiger partial charge >= 0.3 is 0 Å². The fourth-order valence-electron chi connectivity index (χ4n) is 3.76. The van der Waals surface area contributed by atoms with Gasteiger partial charge in [0.1, 0.15) is 18.1 Å². The number of hydrogen-bond acceptors (Lipinski definition) is 6. The molecule has 0 saturated heterocycles. The number of benzene rings is 2. The molecule has 0 bridgehead atoms. The van der Waals surface area contributed by atoms with Crippen LogP contribution >= 0.6 is 0 Å². The quantitative estimate of drug-likeness (QED) is 0.762. The van der Waals surface area contributed by atoms with Gasteiger partial charge in [0.25, 0.3) is 10.0 Å². The maximum atomic E-state index is 12.8. The zero-order chi connectivity index (χ0) is 22.2. The summed E-state index contributed by atoms with van der Waals surface area (Å²) in [5, 5.41) is 3.06. The zero-order valence-corrected chi connectivity index (χ0v) is 18.5. The van der Waals surface area contributed by atoms with E-state index in [1.54, 1.807) is 30.1 Å². The molecule has 0 aliphatic carbocycles. The molecule has 1 atom stereocenters. The minimum Gasteiger partial charge on any atom is -0.486 e. The highest BCUT2D eigenvalue weighted by atomic mass is 32.2. The molecule has 1 unspecified atom stereocenters. The van der Waals surface area contributed by atoms with Crippen LogP contribution in [0.5, 0.6) is 11.5 Å². The fraction of sp³-hybridized carbons (Fsp3) is 0.364. The van der Waals surface area contributed by atoms with Crippen LogP contribution in [-0.2, 0) is 14.8 Å². The van der Waals surface area contributed by atoms with Gasteiger partial charge in [0.05, 0.1) is 12.6 Å². The van der Waals surface area contributed by atoms with E-state index in [0.717, 1.165) is 5.56 Å². The Morgan fingerprint density at radius 3 is 2.58 bits per heavy atom. The average Bonchev–Trinajstić information content (AvgIpc) is 3.03. The van der Waals surface area contributed by atoms with Crippen molar-refractivity contribution in [3.05, 3.63) is 53.6 Å². The summed E-state index contributed by atoms with van der Waals surface area (Å²) in [6.07, 6.45) is 0. The molecule has 9 heteroatoms. The van der Waals surface area contributed by atoms with Crippen molar-refractivity contribution in [2.24, 2.45) is 10.3 Å². The summed E-state index contributed by atoms with van der Waals surface area (Å²) in [5.41, 5.74) is 1.42. The topological polar surface area (TPSA) is 97.3 Å². The molecular weight excluding hydrogens is 418 g/mol. The molecule has 4 rings (SSSR count). The van der Waals surface area contributed by atoms with Gasteiger partial charge < -0.3 is 19.7 Å². The number of nitrogens with zero attached hydrogens (tertiary/aromatic N) is 2. The molecule has 1 amide bonds. The highest BCUT2D eigenvalue weighted by Crippen LogP contribution is 2.34. The number of carbonyl (C=O) groups is 1. The smallest absolute Gasteiger partial charge is 0.285 e. The molecule has 0 spiro atoms. The number of sulfonamides is 1. The second-order valence-electron chi connectivity index (χ2n) is 7.93. The van der Waals surface area contributed by atoms with Gasteiger partial charge in [0, 0.05) is 12.6 Å². The van der Waals surface area contributed by atoms with Gasteiger partial charge in [-0.15, -0.1) is 4.40 Å². The van der Waals surface area contributed by atoms with Gasteiger partial charge in [-0.2, -0.15) is 8.42 Å². The Hall–Kier alpha value is -3.07. The van der Waals surface area contributed by atoms with Gasteiger partial charge in [0.15, 0.2) is 17.3 Å². The Morgan fingerprint density at radius 1 is 1.13 bits per heavy atom. The third-order valence-electron chi connectivity index (χ3n) is 5.26. The lowest BCUT2D eigenvalue weighted by molar-refractivity contribution is -0.122. The Balaban J connectivity index is 1.49. The molecular formula is C22H25N3O5S. The molecule has 164 valence electrons. The summed E-state index contributed by atoms with van der Waals surface area (Å²) in [5.74, 6) is 1.53. The third-order valence-corrected chi connectivity index (χ3v) is 6.59. The number of rotatable bonds is 5. The van der Waals surface area contributed by atoms with Crippen molar-refractivity contribution in [1.82, 2.24) is 10.2 Å². The second-order valence-corrected chi connectivity index (χ2v) is 9.51. The molecule has 0 fully saturated rings. The minimum absolute atomic E-state index is 0.0313. The molecule has 2 aromatic rings. The normalized spacial score (nSPS) is 17.0. The number of ether oxygens (including phenoxy) is 2. The van der Waals surface area contributed by atoms with E-state index in [-0.39, 0.29) is 35.1 Å². The van der Waals surface area contributed by atoms with Crippen molar-refractivity contribution in [3.8, 4) is 11.5 Å². The monoisotopic (exact) mass is 443 g/mol. The Bertz CT molecular complexity index is 1140. The molecule has 31 heavy (non-hydrogen) atoms. The standard InChI is InChI=1S/C22H25N3O5S/c1-14(2)21(15-8-9-17-18(12-15)30-11-10-29-17)23-20(26)13-25(3)22-16-6-4-5-7-19(16)31(27,28)24-22/h4-9,12,14,21H,10-11,13H2,1-3H3,(H,23,26). The molecule has 2 aliphatic heterocycles. The first-order chi connectivity index (χ1) is 14.8. The van der Waals surface area contributed by atoms with Crippen molar-refractivity contribution >= 4 is 21.8 Å². The predicted octanol–water partition coefficient (Wildman–Crippen LogP) is 2.35. The van der Waals surface area contributed by atoms with Crippen molar-refractivity contribution in [1.29, 1.82) is 0 Å². The molecule has 1 N–H and O–H groups in total. The van der Waals surface area contributed by atoms with Gasteiger partial charge in [-0.3, -0.25) is 4.79 Å². The number of fused-ring (bicyclic) bond motifs is 2. The van der Waals surface area contributed by atoms with Crippen LogP contribution in [0.4, 0.5) is 0 Å². The number of amidine groups is 1. The summed E-state index contributed by atoms with van der Waals surface area (Å²) >= 11 is 0. The first kappa shape index (κ1) is 21.2. The SMILES string of the molecule is CC(C)C(NC(=O)CN(C)C1=NS(=O)(=O)c2ccccc21)c1ccc2c(c1)OCCO2. The Labute approximate surface area is 181 Å². The summed E-state index contributed by atoms with van der Waals surface area (Å²) < 4.78 is 39.7. The van der Waals surface area contributed by atoms with E-state index in [0.29, 0.717) is 30.3 Å². The number of hydrogen-bond donors (Lipinski definition) is 1. The minimum atomic E-state index is -3.74. The summed E-state index contributed by atoms with van der Waals surface area (Å²) in [6.45, 7) is 5.03. The highest BCUT2D eigenvalue weighted by molar-refractivity contribution is 7.90. The van der Waals surface area contributed by atoms with Crippen molar-refractivity contribution in [2.45, 2.75) is 24.8 Å². The molecule has 2 heterocycles. The lowest BCUT2D eigenvalue weighted by Gasteiger charge is -2.27. The van der Waals surface area contributed by atoms with Gasteiger partial charge in [0.2, 0.25) is 5.91 Å². The number of likely N-dealkylation sites (N-methyl/N-ethyl adjacent to an activating group) is 1. The lowest BCUT2D eigenvalue weighted by Crippen LogP contribution is -2.41. The summed E-state index contributed by atoms with van der Waals surface area (Å²) in [7, 11) is -2.08. The van der Waals surface area contributed by atoms with E-state index >= 15 is 0 Å². The largest absolute Gasteiger partial charge is 0.486 e. The van der Waals surface area contributed by atoms with E-state index in [4.69, 9.17) is 9.47 Å². The lowest BCUT2D eigenvalue weighted by atomic mass is 9.95. The molecule has 0 saturated carbocycles. The van der Waals surface area contributed by atoms with Crippen LogP contribution in [-0.4, -0.2) is 51.9 Å². The van der Waals surface area contributed by atoms with Crippen LogP contribution in [0.15, 0.2) is 51.8 Å². The Kier molecular flexibility index (Phi) is 5.62. The van der Waals surface area contributed by atoms with Gasteiger partial charge in [-0.1, -0.05) is 32.0 Å². The fourth-order valence-corrected chi connectivity index (χ4v) is 5.01. The van der Waals surface area contributed by atoms with Gasteiger partial charge in [-0.05, 0) is 35.7 Å². The van der Waals surface area contributed by atoms with Crippen LogP contribution in [0.2, 0.25) is 0 Å². The first-order valence-electron chi connectivity index (χ1n) is 10.1. The van der Waals surface area contributed by atoms with Crippen molar-refractivity contribution < 1.29 is 22.7 Å². The summed E-state index contributed by atoms with van der Waals surface area (Å²) in [6, 6.07) is 12.1. The highest BCUT2D eigenvalue weighted by Gasteiger charge is 2.31. The van der Waals surface area contributed by atoms with Crippen molar-refractivity contribution in [3.63, 3.8) is 0 Å². The molecule has 0 radical (unpaired) electrons. The number of carbonyl (C=O) groups excluding carboxylic acids is 1. The van der Waals surface area contributed by atoms with Crippen molar-refractivity contribution in [2.75, 3.05) is 26.8 Å². The average molecular weight is 444 g/mol. The van der Waals surface area contributed by atoms with E-state index < -0.39 is 10.0 Å². The maximum Gasteiger partial charge on any atom is 0.285 e. The maximum absolute atomic E-state index is 12.8. The molecule has 2 aromatic carbocycles. The van der Waals surface area contributed by atoms with Crippen LogP contribution in [0.3, 0.4) is 0 Å². The summed E-state index contributed by atoms with van der Waals surface area (Å²) in [4.78, 5) is 14.6. The van der Waals surface area contributed by atoms with Crippen LogP contribution in [0.1, 0.15) is 31.0 Å². The number of nitrogens with one attached hydrogen (secondary N) is 1. The predicted molar refractivity (Wildman–Crippen MR) is 116 cm³/mol. The van der Waals surface area contributed by atoms with Gasteiger partial charge in [-0.25, -0.2) is 0 Å². The van der Waals surface area contributed by atoms with Crippen LogP contribution in [0.25, 0.3) is 0 Å². The Morgan fingerprint density at radius 2 is 1.84 bits per heavy atom. The second kappa shape index (κ2) is 8.22. The van der Waals surface area contributed by atoms with Crippen LogP contribution in [0, 0.1) is 5.92 Å². The third kappa shape index (κ3) is 4.23. The van der Waals surface area contributed by atoms with E-state index in [1.807, 2.05) is 32.0 Å². The van der Waals surface area contributed by atoms with E-state index in [1.165, 1.54) is 6.07 Å². The number of amides is 1. The van der Waals surface area contributed by atoms with E-state index in [2.05, 4.69) is 9.71 Å². The molecule has 0 aromatic heterocycles. The molecule has 2 aliphatic rings. The molecule has 8 nitrogen and oxygen atoms in total. The van der Waals surface area contributed by atoms with Crippen LogP contribution < -0.4 is 14.8 Å². The first-order valence-corrected chi connectivity index (χ1v) is 11.5. The van der Waals surface area contributed by atoms with E-state index in [9.17, 15) is 13.2 Å².